The van der Waals surface area contributed by atoms with Crippen LogP contribution >= 0.6 is 0 Å². The second-order valence-electron chi connectivity index (χ2n) is 6.23. The zero-order valence-corrected chi connectivity index (χ0v) is 15.7. The molecule has 1 heterocycles. The molecule has 30 heavy (non-hydrogen) atoms. The van der Waals surface area contributed by atoms with Gasteiger partial charge in [-0.05, 0) is 29.3 Å². The number of imide groups is 1. The Hall–Kier alpha value is -3.75. The quantitative estimate of drug-likeness (QED) is 0.426. The molecule has 1 fully saturated rings. The summed E-state index contributed by atoms with van der Waals surface area (Å²) in [4.78, 5) is 37.3. The molecule has 0 aliphatic carbocycles. The van der Waals surface area contributed by atoms with E-state index in [-0.39, 0.29) is 17.9 Å². The van der Waals surface area contributed by atoms with E-state index >= 15 is 0 Å². The SMILES string of the molecule is O=C(OCC(=O)N1CCNC1=O)/C(=C/c1ccc(OC(F)F)cc1)c1ccccc1. The first kappa shape index (κ1) is 21.0. The molecule has 0 spiro atoms. The van der Waals surface area contributed by atoms with Crippen molar-refractivity contribution in [1.29, 1.82) is 0 Å². The first-order chi connectivity index (χ1) is 14.4. The number of alkyl halides is 2. The maximum absolute atomic E-state index is 12.7. The highest BCUT2D eigenvalue weighted by Gasteiger charge is 2.27. The molecule has 0 radical (unpaired) electrons. The van der Waals surface area contributed by atoms with Gasteiger partial charge in [0.25, 0.3) is 5.91 Å². The van der Waals surface area contributed by atoms with Crippen LogP contribution in [0.2, 0.25) is 0 Å². The number of amides is 3. The number of halogens is 2. The van der Waals surface area contributed by atoms with E-state index in [0.717, 1.165) is 4.90 Å². The molecule has 2 aromatic carbocycles. The summed E-state index contributed by atoms with van der Waals surface area (Å²) in [7, 11) is 0. The van der Waals surface area contributed by atoms with E-state index < -0.39 is 31.1 Å². The summed E-state index contributed by atoms with van der Waals surface area (Å²) >= 11 is 0. The highest BCUT2D eigenvalue weighted by Crippen LogP contribution is 2.22. The lowest BCUT2D eigenvalue weighted by molar-refractivity contribution is -0.145. The Bertz CT molecular complexity index is 946. The van der Waals surface area contributed by atoms with Gasteiger partial charge in [-0.2, -0.15) is 8.78 Å². The Labute approximate surface area is 170 Å². The Morgan fingerprint density at radius 2 is 1.80 bits per heavy atom. The van der Waals surface area contributed by atoms with Gasteiger partial charge in [0, 0.05) is 13.1 Å². The molecule has 0 atom stereocenters. The molecule has 3 rings (SSSR count). The molecule has 3 amide bonds. The van der Waals surface area contributed by atoms with Gasteiger partial charge < -0.3 is 14.8 Å². The lowest BCUT2D eigenvalue weighted by Gasteiger charge is -2.13. The summed E-state index contributed by atoms with van der Waals surface area (Å²) in [5.74, 6) is -1.40. The number of urea groups is 1. The molecule has 0 bridgehead atoms. The average Bonchev–Trinajstić information content (AvgIpc) is 3.17. The third kappa shape index (κ3) is 5.40. The van der Waals surface area contributed by atoms with Crippen LogP contribution in [0.4, 0.5) is 13.6 Å². The molecule has 2 aromatic rings. The normalized spacial score (nSPS) is 13.9. The fourth-order valence-corrected chi connectivity index (χ4v) is 2.78. The van der Waals surface area contributed by atoms with Crippen molar-refractivity contribution in [2.24, 2.45) is 0 Å². The standard InChI is InChI=1S/C21H18F2N2O5/c22-20(23)30-16-8-6-14(7-9-16)12-17(15-4-2-1-3-5-15)19(27)29-13-18(26)25-11-10-24-21(25)28/h1-9,12,20H,10-11,13H2,(H,24,28)/b17-12+. The lowest BCUT2D eigenvalue weighted by Crippen LogP contribution is -2.37. The van der Waals surface area contributed by atoms with Crippen LogP contribution in [0.15, 0.2) is 54.6 Å². The summed E-state index contributed by atoms with van der Waals surface area (Å²) in [5, 5.41) is 2.49. The van der Waals surface area contributed by atoms with Gasteiger partial charge in [-0.25, -0.2) is 9.59 Å². The smallest absolute Gasteiger partial charge is 0.387 e. The van der Waals surface area contributed by atoms with Crippen molar-refractivity contribution in [2.75, 3.05) is 19.7 Å². The molecular formula is C21H18F2N2O5. The van der Waals surface area contributed by atoms with Gasteiger partial charge in [0.2, 0.25) is 0 Å². The van der Waals surface area contributed by atoms with Crippen LogP contribution in [-0.4, -0.2) is 49.1 Å². The first-order valence-electron chi connectivity index (χ1n) is 9.01. The van der Waals surface area contributed by atoms with Gasteiger partial charge >= 0.3 is 18.6 Å². The van der Waals surface area contributed by atoms with Crippen LogP contribution in [0, 0.1) is 0 Å². The number of ether oxygens (including phenoxy) is 2. The van der Waals surface area contributed by atoms with Gasteiger partial charge in [-0.15, -0.1) is 0 Å². The van der Waals surface area contributed by atoms with E-state index in [2.05, 4.69) is 10.1 Å². The third-order valence-electron chi connectivity index (χ3n) is 4.21. The van der Waals surface area contributed by atoms with Gasteiger partial charge in [0.05, 0.1) is 5.57 Å². The molecule has 1 N–H and O–H groups in total. The number of nitrogens with zero attached hydrogens (tertiary/aromatic N) is 1. The van der Waals surface area contributed by atoms with Crippen LogP contribution in [0.3, 0.4) is 0 Å². The number of hydrogen-bond donors (Lipinski definition) is 1. The third-order valence-corrected chi connectivity index (χ3v) is 4.21. The summed E-state index contributed by atoms with van der Waals surface area (Å²) in [6, 6.07) is 13.8. The topological polar surface area (TPSA) is 84.9 Å². The van der Waals surface area contributed by atoms with Crippen LogP contribution in [-0.2, 0) is 14.3 Å². The van der Waals surface area contributed by atoms with Crippen molar-refractivity contribution in [3.05, 3.63) is 65.7 Å². The summed E-state index contributed by atoms with van der Waals surface area (Å²) in [6.07, 6.45) is 1.51. The van der Waals surface area contributed by atoms with Gasteiger partial charge in [0.1, 0.15) is 5.75 Å². The maximum atomic E-state index is 12.7. The maximum Gasteiger partial charge on any atom is 0.387 e. The largest absolute Gasteiger partial charge is 0.452 e. The molecule has 1 aliphatic heterocycles. The molecule has 1 saturated heterocycles. The zero-order chi connectivity index (χ0) is 21.5. The zero-order valence-electron chi connectivity index (χ0n) is 15.7. The van der Waals surface area contributed by atoms with Crippen molar-refractivity contribution < 1.29 is 32.6 Å². The number of carbonyl (C=O) groups excluding carboxylic acids is 3. The highest BCUT2D eigenvalue weighted by atomic mass is 19.3. The van der Waals surface area contributed by atoms with Crippen LogP contribution in [0.5, 0.6) is 5.75 Å². The number of nitrogens with one attached hydrogen (secondary N) is 1. The Balaban J connectivity index is 1.77. The highest BCUT2D eigenvalue weighted by molar-refractivity contribution is 6.21. The fourth-order valence-electron chi connectivity index (χ4n) is 2.78. The molecule has 0 aromatic heterocycles. The summed E-state index contributed by atoms with van der Waals surface area (Å²) in [6.45, 7) is -2.96. The van der Waals surface area contributed by atoms with E-state index in [0.29, 0.717) is 17.7 Å². The first-order valence-corrected chi connectivity index (χ1v) is 9.01. The molecular weight excluding hydrogens is 398 g/mol. The molecule has 9 heteroatoms. The minimum absolute atomic E-state index is 0.0134. The number of carbonyl (C=O) groups is 3. The van der Waals surface area contributed by atoms with E-state index in [1.807, 2.05) is 0 Å². The molecule has 156 valence electrons. The summed E-state index contributed by atoms with van der Waals surface area (Å²) < 4.78 is 34.0. The lowest BCUT2D eigenvalue weighted by atomic mass is 10.0. The minimum Gasteiger partial charge on any atom is -0.452 e. The van der Waals surface area contributed by atoms with Crippen molar-refractivity contribution in [2.45, 2.75) is 6.61 Å². The number of hydrogen-bond acceptors (Lipinski definition) is 5. The molecule has 1 aliphatic rings. The predicted octanol–water partition coefficient (Wildman–Crippen LogP) is 2.92. The van der Waals surface area contributed by atoms with Gasteiger partial charge in [0.15, 0.2) is 6.61 Å². The van der Waals surface area contributed by atoms with Gasteiger partial charge in [-0.1, -0.05) is 42.5 Å². The minimum atomic E-state index is -2.93. The van der Waals surface area contributed by atoms with Crippen LogP contribution < -0.4 is 10.1 Å². The van der Waals surface area contributed by atoms with Gasteiger partial charge in [-0.3, -0.25) is 9.69 Å². The van der Waals surface area contributed by atoms with Crippen LogP contribution in [0.25, 0.3) is 11.6 Å². The number of esters is 1. The molecule has 7 nitrogen and oxygen atoms in total. The average molecular weight is 416 g/mol. The second kappa shape index (κ2) is 9.64. The predicted molar refractivity (Wildman–Crippen MR) is 103 cm³/mol. The Kier molecular flexibility index (Phi) is 6.74. The fraction of sp³-hybridized carbons (Fsp3) is 0.190. The van der Waals surface area contributed by atoms with E-state index in [1.54, 1.807) is 30.3 Å². The van der Waals surface area contributed by atoms with Crippen LogP contribution in [0.1, 0.15) is 11.1 Å². The monoisotopic (exact) mass is 416 g/mol. The molecule has 0 saturated carbocycles. The van der Waals surface area contributed by atoms with E-state index in [1.165, 1.54) is 30.3 Å². The van der Waals surface area contributed by atoms with Crippen molar-refractivity contribution in [3.8, 4) is 5.75 Å². The van der Waals surface area contributed by atoms with E-state index in [4.69, 9.17) is 4.74 Å². The van der Waals surface area contributed by atoms with Crippen molar-refractivity contribution in [3.63, 3.8) is 0 Å². The van der Waals surface area contributed by atoms with E-state index in [9.17, 15) is 23.2 Å². The van der Waals surface area contributed by atoms with Crippen molar-refractivity contribution in [1.82, 2.24) is 10.2 Å². The Morgan fingerprint density at radius 3 is 2.40 bits per heavy atom. The second-order valence-corrected chi connectivity index (χ2v) is 6.23. The number of rotatable bonds is 7. The summed E-state index contributed by atoms with van der Waals surface area (Å²) in [5.41, 5.74) is 1.25. The van der Waals surface area contributed by atoms with Crippen molar-refractivity contribution >= 4 is 29.6 Å². The molecule has 0 unspecified atom stereocenters. The Morgan fingerprint density at radius 1 is 1.10 bits per heavy atom. The number of benzene rings is 2.